The van der Waals surface area contributed by atoms with Crippen molar-refractivity contribution in [2.24, 2.45) is 0 Å². The van der Waals surface area contributed by atoms with E-state index in [0.29, 0.717) is 0 Å². The summed E-state index contributed by atoms with van der Waals surface area (Å²) in [6.07, 6.45) is 3.63. The Kier molecular flexibility index (Phi) is 3.88. The molecule has 0 bridgehead atoms. The van der Waals surface area contributed by atoms with Crippen LogP contribution in [0.2, 0.25) is 0 Å². The summed E-state index contributed by atoms with van der Waals surface area (Å²) in [5.74, 6) is 0. The van der Waals surface area contributed by atoms with Crippen LogP contribution in [0.5, 0.6) is 0 Å². The normalized spacial score (nSPS) is 11.9. The van der Waals surface area contributed by atoms with Crippen molar-refractivity contribution in [3.63, 3.8) is 0 Å². The molecule has 0 spiro atoms. The van der Waals surface area contributed by atoms with Crippen LogP contribution in [0.3, 0.4) is 0 Å². The molecule has 5 heterocycles. The number of nitrogens with zero attached hydrogens (tertiary/aromatic N) is 5. The molecule has 0 atom stereocenters. The van der Waals surface area contributed by atoms with Gasteiger partial charge >= 0.3 is 0 Å². The molecular weight excluding hydrogens is 442 g/mol. The topological polar surface area (TPSA) is 64.5 Å². The summed E-state index contributed by atoms with van der Waals surface area (Å²) in [5.41, 5.74) is 6.94. The Balaban J connectivity index is 1.47. The maximum Gasteiger partial charge on any atom is 0.0974 e. The van der Waals surface area contributed by atoms with Gasteiger partial charge in [0.2, 0.25) is 0 Å². The number of pyridine rings is 5. The third-order valence-electron chi connectivity index (χ3n) is 6.88. The lowest BCUT2D eigenvalue weighted by atomic mass is 10.0. The van der Waals surface area contributed by atoms with E-state index < -0.39 is 0 Å². The minimum absolute atomic E-state index is 0.819. The van der Waals surface area contributed by atoms with Gasteiger partial charge < -0.3 is 0 Å². The standard InChI is InChI=1S/C31H17N5/c1-2-8-23-22(7-1)30(24-14-13-20-10-9-18-5-3-15-32-26(18)28(20)34-24)35-25-17-21-12-11-19-6-4-16-33-27(19)29(21)36-31(23)25/h1-17H. The molecule has 0 aliphatic heterocycles. The summed E-state index contributed by atoms with van der Waals surface area (Å²) >= 11 is 0. The highest BCUT2D eigenvalue weighted by atomic mass is 14.8. The van der Waals surface area contributed by atoms with Crippen molar-refractivity contribution < 1.29 is 0 Å². The van der Waals surface area contributed by atoms with Gasteiger partial charge in [0.15, 0.2) is 0 Å². The Morgan fingerprint density at radius 2 is 1.03 bits per heavy atom. The summed E-state index contributed by atoms with van der Waals surface area (Å²) in [6.45, 7) is 0. The zero-order valence-electron chi connectivity index (χ0n) is 19.1. The molecule has 3 aromatic carbocycles. The first-order valence-electron chi connectivity index (χ1n) is 11.9. The number of benzene rings is 3. The highest BCUT2D eigenvalue weighted by Crippen LogP contribution is 2.34. The van der Waals surface area contributed by atoms with Gasteiger partial charge in [-0.1, -0.05) is 66.7 Å². The SMILES string of the molecule is c1cnc2c(c1)ccc1ccc(-c3nc4cc5ccc6cccnc6c5nc4c4ccccc34)nc12. The first-order chi connectivity index (χ1) is 17.8. The zero-order chi connectivity index (χ0) is 23.6. The highest BCUT2D eigenvalue weighted by molar-refractivity contribution is 6.14. The van der Waals surface area contributed by atoms with Crippen molar-refractivity contribution in [2.45, 2.75) is 0 Å². The first kappa shape index (κ1) is 19.3. The Labute approximate surface area is 205 Å². The van der Waals surface area contributed by atoms with Gasteiger partial charge in [0.25, 0.3) is 0 Å². The lowest BCUT2D eigenvalue weighted by Gasteiger charge is -2.11. The minimum Gasteiger partial charge on any atom is -0.254 e. The van der Waals surface area contributed by atoms with E-state index in [0.717, 1.165) is 76.8 Å². The van der Waals surface area contributed by atoms with E-state index >= 15 is 0 Å². The zero-order valence-corrected chi connectivity index (χ0v) is 19.1. The van der Waals surface area contributed by atoms with Crippen LogP contribution < -0.4 is 0 Å². The number of hydrogen-bond donors (Lipinski definition) is 0. The van der Waals surface area contributed by atoms with Crippen LogP contribution in [-0.4, -0.2) is 24.9 Å². The van der Waals surface area contributed by atoms with Crippen LogP contribution in [-0.2, 0) is 0 Å². The third-order valence-corrected chi connectivity index (χ3v) is 6.88. The molecule has 0 saturated carbocycles. The van der Waals surface area contributed by atoms with Crippen molar-refractivity contribution in [1.29, 1.82) is 0 Å². The summed E-state index contributed by atoms with van der Waals surface area (Å²) in [6, 6.07) is 30.9. The highest BCUT2D eigenvalue weighted by Gasteiger charge is 2.15. The molecule has 0 radical (unpaired) electrons. The molecule has 0 N–H and O–H groups in total. The Bertz CT molecular complexity index is 2170. The van der Waals surface area contributed by atoms with Gasteiger partial charge in [0.1, 0.15) is 0 Å². The smallest absolute Gasteiger partial charge is 0.0974 e. The molecule has 36 heavy (non-hydrogen) atoms. The molecule has 8 aromatic rings. The molecule has 8 rings (SSSR count). The van der Waals surface area contributed by atoms with E-state index in [1.807, 2.05) is 42.7 Å². The van der Waals surface area contributed by atoms with E-state index in [9.17, 15) is 0 Å². The Morgan fingerprint density at radius 1 is 0.417 bits per heavy atom. The van der Waals surface area contributed by atoms with Crippen LogP contribution in [0.4, 0.5) is 0 Å². The van der Waals surface area contributed by atoms with Crippen molar-refractivity contribution >= 4 is 65.4 Å². The molecule has 0 aliphatic rings. The lowest BCUT2D eigenvalue weighted by molar-refractivity contribution is 1.32. The molecule has 0 fully saturated rings. The maximum absolute atomic E-state index is 5.12. The van der Waals surface area contributed by atoms with Crippen molar-refractivity contribution in [2.75, 3.05) is 0 Å². The second kappa shape index (κ2) is 7.23. The molecule has 5 heteroatoms. The first-order valence-corrected chi connectivity index (χ1v) is 11.9. The number of rotatable bonds is 1. The van der Waals surface area contributed by atoms with Crippen molar-refractivity contribution in [3.8, 4) is 11.4 Å². The van der Waals surface area contributed by atoms with Gasteiger partial charge in [0, 0.05) is 44.7 Å². The number of aromatic nitrogens is 5. The van der Waals surface area contributed by atoms with Gasteiger partial charge in [-0.2, -0.15) is 0 Å². The fourth-order valence-corrected chi connectivity index (χ4v) is 5.18. The minimum atomic E-state index is 0.819. The lowest BCUT2D eigenvalue weighted by Crippen LogP contribution is -1.95. The monoisotopic (exact) mass is 459 g/mol. The molecule has 0 amide bonds. The van der Waals surface area contributed by atoms with Crippen molar-refractivity contribution in [3.05, 3.63) is 103 Å². The molecule has 5 aromatic heterocycles. The van der Waals surface area contributed by atoms with Gasteiger partial charge in [-0.25, -0.2) is 15.0 Å². The summed E-state index contributed by atoms with van der Waals surface area (Å²) in [4.78, 5) is 24.5. The predicted octanol–water partition coefficient (Wildman–Crippen LogP) is 7.25. The second-order valence-corrected chi connectivity index (χ2v) is 8.98. The van der Waals surface area contributed by atoms with Crippen molar-refractivity contribution in [1.82, 2.24) is 24.9 Å². The van der Waals surface area contributed by atoms with Crippen LogP contribution in [0.25, 0.3) is 76.8 Å². The molecule has 166 valence electrons. The van der Waals surface area contributed by atoms with Crippen LogP contribution in [0.1, 0.15) is 0 Å². The predicted molar refractivity (Wildman–Crippen MR) is 146 cm³/mol. The van der Waals surface area contributed by atoms with Gasteiger partial charge in [-0.15, -0.1) is 0 Å². The van der Waals surface area contributed by atoms with E-state index in [1.54, 1.807) is 0 Å². The average molecular weight is 460 g/mol. The molecule has 0 saturated heterocycles. The second-order valence-electron chi connectivity index (χ2n) is 8.98. The number of hydrogen-bond acceptors (Lipinski definition) is 5. The van der Waals surface area contributed by atoms with Gasteiger partial charge in [-0.3, -0.25) is 9.97 Å². The number of fused-ring (bicyclic) bond motifs is 9. The fourth-order valence-electron chi connectivity index (χ4n) is 5.18. The van der Waals surface area contributed by atoms with E-state index in [2.05, 4.69) is 70.6 Å². The Hall–Kier alpha value is -5.03. The summed E-state index contributed by atoms with van der Waals surface area (Å²) < 4.78 is 0. The quantitative estimate of drug-likeness (QED) is 0.191. The third kappa shape index (κ3) is 2.74. The molecule has 5 nitrogen and oxygen atoms in total. The average Bonchev–Trinajstić information content (AvgIpc) is 2.95. The van der Waals surface area contributed by atoms with Gasteiger partial charge in [0.05, 0.1) is 44.5 Å². The van der Waals surface area contributed by atoms with E-state index in [-0.39, 0.29) is 0 Å². The van der Waals surface area contributed by atoms with Crippen LogP contribution in [0.15, 0.2) is 103 Å². The summed E-state index contributed by atoms with van der Waals surface area (Å²) in [5, 5.41) is 6.29. The molecule has 0 aliphatic carbocycles. The summed E-state index contributed by atoms with van der Waals surface area (Å²) in [7, 11) is 0. The molecule has 0 unspecified atom stereocenters. The van der Waals surface area contributed by atoms with E-state index in [4.69, 9.17) is 15.0 Å². The van der Waals surface area contributed by atoms with E-state index in [1.165, 1.54) is 0 Å². The van der Waals surface area contributed by atoms with Crippen LogP contribution in [0, 0.1) is 0 Å². The maximum atomic E-state index is 5.12. The van der Waals surface area contributed by atoms with Gasteiger partial charge in [-0.05, 0) is 24.3 Å². The fraction of sp³-hybridized carbons (Fsp3) is 0. The Morgan fingerprint density at radius 3 is 1.78 bits per heavy atom. The van der Waals surface area contributed by atoms with Crippen LogP contribution >= 0.6 is 0 Å². The molecular formula is C31H17N5. The largest absolute Gasteiger partial charge is 0.254 e.